The standard InChI is InChI=1S/C16H26N2O4S/c1-6-13(4)18(16(19)17-12(2)3)11-14-9-7-8-10-15(14)22-23(5,20)21/h7-10,12-13H,6,11H2,1-5H3,(H,17,19). The van der Waals surface area contributed by atoms with Gasteiger partial charge in [0.25, 0.3) is 0 Å². The molecule has 0 aliphatic heterocycles. The molecule has 0 heterocycles. The Morgan fingerprint density at radius 3 is 2.39 bits per heavy atom. The summed E-state index contributed by atoms with van der Waals surface area (Å²) in [5.74, 6) is 0.251. The Morgan fingerprint density at radius 2 is 1.87 bits per heavy atom. The van der Waals surface area contributed by atoms with Gasteiger partial charge in [-0.2, -0.15) is 8.42 Å². The minimum absolute atomic E-state index is 0.0139. The molecule has 1 aromatic rings. The third kappa shape index (κ3) is 6.48. The summed E-state index contributed by atoms with van der Waals surface area (Å²) in [5, 5.41) is 2.87. The van der Waals surface area contributed by atoms with Gasteiger partial charge < -0.3 is 14.4 Å². The van der Waals surface area contributed by atoms with Crippen molar-refractivity contribution in [3.63, 3.8) is 0 Å². The number of nitrogens with one attached hydrogen (secondary N) is 1. The second-order valence-electron chi connectivity index (χ2n) is 5.88. The van der Waals surface area contributed by atoms with Gasteiger partial charge in [0.2, 0.25) is 0 Å². The van der Waals surface area contributed by atoms with Crippen LogP contribution in [0.15, 0.2) is 24.3 Å². The van der Waals surface area contributed by atoms with Gasteiger partial charge in [0.1, 0.15) is 5.75 Å². The fourth-order valence-corrected chi connectivity index (χ4v) is 2.53. The molecule has 0 spiro atoms. The SMILES string of the molecule is CCC(C)N(Cc1ccccc1OS(C)(=O)=O)C(=O)NC(C)C. The molecule has 0 aliphatic carbocycles. The van der Waals surface area contributed by atoms with Gasteiger partial charge in [-0.25, -0.2) is 4.79 Å². The number of rotatable bonds is 7. The van der Waals surface area contributed by atoms with E-state index in [-0.39, 0.29) is 30.4 Å². The van der Waals surface area contributed by atoms with Crippen LogP contribution in [0.4, 0.5) is 4.79 Å². The molecule has 2 amide bonds. The van der Waals surface area contributed by atoms with Crippen molar-refractivity contribution in [2.24, 2.45) is 0 Å². The van der Waals surface area contributed by atoms with E-state index in [1.807, 2.05) is 27.7 Å². The molecular weight excluding hydrogens is 316 g/mol. The molecule has 0 radical (unpaired) electrons. The van der Waals surface area contributed by atoms with Gasteiger partial charge in [-0.1, -0.05) is 25.1 Å². The third-order valence-corrected chi connectivity index (χ3v) is 3.83. The van der Waals surface area contributed by atoms with E-state index in [9.17, 15) is 13.2 Å². The molecule has 7 heteroatoms. The van der Waals surface area contributed by atoms with Gasteiger partial charge in [0, 0.05) is 17.6 Å². The maximum atomic E-state index is 12.4. The van der Waals surface area contributed by atoms with Gasteiger partial charge in [-0.05, 0) is 33.3 Å². The van der Waals surface area contributed by atoms with Crippen LogP contribution < -0.4 is 9.50 Å². The Hall–Kier alpha value is -1.76. The normalized spacial score (nSPS) is 12.8. The number of hydrogen-bond donors (Lipinski definition) is 1. The Bertz CT molecular complexity index is 629. The molecule has 0 aliphatic rings. The first kappa shape index (κ1) is 19.3. The number of nitrogens with zero attached hydrogens (tertiary/aromatic N) is 1. The number of urea groups is 1. The van der Waals surface area contributed by atoms with Gasteiger partial charge >= 0.3 is 16.1 Å². The quantitative estimate of drug-likeness (QED) is 0.773. The lowest BCUT2D eigenvalue weighted by Crippen LogP contribution is -2.46. The highest BCUT2D eigenvalue weighted by Gasteiger charge is 2.22. The molecule has 1 N–H and O–H groups in total. The molecule has 130 valence electrons. The summed E-state index contributed by atoms with van der Waals surface area (Å²) in [6, 6.07) is 6.70. The monoisotopic (exact) mass is 342 g/mol. The molecular formula is C16H26N2O4S. The number of amides is 2. The van der Waals surface area contributed by atoms with E-state index < -0.39 is 10.1 Å². The summed E-state index contributed by atoms with van der Waals surface area (Å²) in [6.07, 6.45) is 1.79. The Balaban J connectivity index is 3.06. The maximum absolute atomic E-state index is 12.4. The van der Waals surface area contributed by atoms with E-state index in [2.05, 4.69) is 5.32 Å². The summed E-state index contributed by atoms with van der Waals surface area (Å²) in [7, 11) is -3.62. The number of hydrogen-bond acceptors (Lipinski definition) is 4. The summed E-state index contributed by atoms with van der Waals surface area (Å²) >= 11 is 0. The molecule has 0 aromatic heterocycles. The zero-order valence-electron chi connectivity index (χ0n) is 14.4. The molecule has 1 aromatic carbocycles. The average Bonchev–Trinajstić information content (AvgIpc) is 2.43. The van der Waals surface area contributed by atoms with E-state index in [0.29, 0.717) is 5.56 Å². The van der Waals surface area contributed by atoms with Gasteiger partial charge in [-0.15, -0.1) is 0 Å². The number of carbonyl (C=O) groups excluding carboxylic acids is 1. The lowest BCUT2D eigenvalue weighted by molar-refractivity contribution is 0.170. The van der Waals surface area contributed by atoms with Crippen molar-refractivity contribution < 1.29 is 17.4 Å². The van der Waals surface area contributed by atoms with E-state index in [1.54, 1.807) is 29.2 Å². The zero-order chi connectivity index (χ0) is 17.6. The number of para-hydroxylation sites is 1. The lowest BCUT2D eigenvalue weighted by Gasteiger charge is -2.30. The van der Waals surface area contributed by atoms with Crippen LogP contribution in [0.1, 0.15) is 39.7 Å². The minimum atomic E-state index is -3.62. The highest BCUT2D eigenvalue weighted by Crippen LogP contribution is 2.22. The summed E-state index contributed by atoms with van der Waals surface area (Å²) < 4.78 is 27.8. The number of benzene rings is 1. The van der Waals surface area contributed by atoms with Crippen LogP contribution in [0.5, 0.6) is 5.75 Å². The van der Waals surface area contributed by atoms with Crippen LogP contribution >= 0.6 is 0 Å². The Morgan fingerprint density at radius 1 is 1.26 bits per heavy atom. The van der Waals surface area contributed by atoms with Crippen LogP contribution in [0, 0.1) is 0 Å². The maximum Gasteiger partial charge on any atom is 0.318 e. The summed E-state index contributed by atoms with van der Waals surface area (Å²) in [4.78, 5) is 14.1. The minimum Gasteiger partial charge on any atom is -0.382 e. The van der Waals surface area contributed by atoms with Crippen LogP contribution in [0.25, 0.3) is 0 Å². The van der Waals surface area contributed by atoms with Crippen LogP contribution in [0.3, 0.4) is 0 Å². The lowest BCUT2D eigenvalue weighted by atomic mass is 10.1. The third-order valence-electron chi connectivity index (χ3n) is 3.35. The van der Waals surface area contributed by atoms with Gasteiger partial charge in [-0.3, -0.25) is 0 Å². The second-order valence-corrected chi connectivity index (χ2v) is 7.46. The molecule has 1 atom stereocenters. The molecule has 0 saturated carbocycles. The van der Waals surface area contributed by atoms with Crippen LogP contribution in [-0.2, 0) is 16.7 Å². The Kier molecular flexibility index (Phi) is 6.87. The van der Waals surface area contributed by atoms with E-state index in [4.69, 9.17) is 4.18 Å². The molecule has 6 nitrogen and oxygen atoms in total. The van der Waals surface area contributed by atoms with Crippen molar-refractivity contribution >= 4 is 16.1 Å². The average molecular weight is 342 g/mol. The fourth-order valence-electron chi connectivity index (χ4n) is 2.04. The number of carbonyl (C=O) groups is 1. The van der Waals surface area contributed by atoms with E-state index >= 15 is 0 Å². The molecule has 0 saturated heterocycles. The van der Waals surface area contributed by atoms with Crippen LogP contribution in [0.2, 0.25) is 0 Å². The smallest absolute Gasteiger partial charge is 0.318 e. The Labute approximate surface area is 138 Å². The predicted molar refractivity (Wildman–Crippen MR) is 90.9 cm³/mol. The van der Waals surface area contributed by atoms with Crippen molar-refractivity contribution in [3.8, 4) is 5.75 Å². The fraction of sp³-hybridized carbons (Fsp3) is 0.562. The summed E-state index contributed by atoms with van der Waals surface area (Å²) in [5.41, 5.74) is 0.650. The topological polar surface area (TPSA) is 75.7 Å². The van der Waals surface area contributed by atoms with Gasteiger partial charge in [0.15, 0.2) is 0 Å². The van der Waals surface area contributed by atoms with E-state index in [1.165, 1.54) is 0 Å². The first-order valence-corrected chi connectivity index (χ1v) is 9.50. The molecule has 0 bridgehead atoms. The van der Waals surface area contributed by atoms with Crippen LogP contribution in [-0.4, -0.2) is 37.7 Å². The van der Waals surface area contributed by atoms with Crippen molar-refractivity contribution in [1.82, 2.24) is 10.2 Å². The predicted octanol–water partition coefficient (Wildman–Crippen LogP) is 2.74. The highest BCUT2D eigenvalue weighted by molar-refractivity contribution is 7.86. The van der Waals surface area contributed by atoms with Crippen molar-refractivity contribution in [2.45, 2.75) is 52.7 Å². The van der Waals surface area contributed by atoms with E-state index in [0.717, 1.165) is 12.7 Å². The molecule has 1 unspecified atom stereocenters. The molecule has 0 fully saturated rings. The molecule has 1 rings (SSSR count). The molecule has 23 heavy (non-hydrogen) atoms. The summed E-state index contributed by atoms with van der Waals surface area (Å²) in [6.45, 7) is 8.03. The van der Waals surface area contributed by atoms with Gasteiger partial charge in [0.05, 0.1) is 12.8 Å². The van der Waals surface area contributed by atoms with Crippen molar-refractivity contribution in [3.05, 3.63) is 29.8 Å². The van der Waals surface area contributed by atoms with Crippen molar-refractivity contribution in [2.75, 3.05) is 6.26 Å². The second kappa shape index (κ2) is 8.19. The first-order chi connectivity index (χ1) is 10.6. The largest absolute Gasteiger partial charge is 0.382 e. The highest BCUT2D eigenvalue weighted by atomic mass is 32.2. The first-order valence-electron chi connectivity index (χ1n) is 7.68. The zero-order valence-corrected chi connectivity index (χ0v) is 15.2. The van der Waals surface area contributed by atoms with Crippen molar-refractivity contribution in [1.29, 1.82) is 0 Å².